The van der Waals surface area contributed by atoms with Gasteiger partial charge in [0.25, 0.3) is 0 Å². The van der Waals surface area contributed by atoms with Crippen LogP contribution in [0.1, 0.15) is 30.9 Å². The van der Waals surface area contributed by atoms with Crippen LogP contribution in [0.15, 0.2) is 52.3 Å². The van der Waals surface area contributed by atoms with Gasteiger partial charge in [-0.05, 0) is 43.4 Å². The van der Waals surface area contributed by atoms with Gasteiger partial charge >= 0.3 is 5.69 Å². The van der Waals surface area contributed by atoms with Gasteiger partial charge in [-0.1, -0.05) is 36.8 Å². The number of aryl methyl sites for hydroxylation is 1. The van der Waals surface area contributed by atoms with E-state index in [4.69, 9.17) is 0 Å². The highest BCUT2D eigenvalue weighted by Gasteiger charge is 2.28. The number of sulfonamides is 1. The number of hydrogen-bond acceptors (Lipinski definition) is 4. The molecule has 0 saturated carbocycles. The molecule has 0 atom stereocenters. The SMILES string of the molecule is Cc1cccc(Cn2nc3ccc(S(=O)(=O)N4CCC(C)CC4)cn3c2=O)c1. The second-order valence-electron chi connectivity index (χ2n) is 7.61. The van der Waals surface area contributed by atoms with Crippen LogP contribution in [0.3, 0.4) is 0 Å². The molecule has 8 heteroatoms. The van der Waals surface area contributed by atoms with E-state index in [1.807, 2.05) is 31.2 Å². The van der Waals surface area contributed by atoms with Gasteiger partial charge in [0.1, 0.15) is 0 Å². The Hall–Kier alpha value is -2.45. The molecule has 1 aliphatic heterocycles. The van der Waals surface area contributed by atoms with Crippen molar-refractivity contribution in [2.45, 2.75) is 38.1 Å². The zero-order valence-electron chi connectivity index (χ0n) is 16.1. The van der Waals surface area contributed by atoms with E-state index in [2.05, 4.69) is 12.0 Å². The van der Waals surface area contributed by atoms with Crippen LogP contribution in [-0.2, 0) is 16.6 Å². The van der Waals surface area contributed by atoms with Crippen LogP contribution in [0, 0.1) is 12.8 Å². The van der Waals surface area contributed by atoms with Crippen LogP contribution in [0.25, 0.3) is 5.65 Å². The monoisotopic (exact) mass is 400 g/mol. The Morgan fingerprint density at radius 3 is 2.61 bits per heavy atom. The van der Waals surface area contributed by atoms with E-state index in [1.165, 1.54) is 25.7 Å². The molecule has 0 bridgehead atoms. The van der Waals surface area contributed by atoms with Gasteiger partial charge in [0.05, 0.1) is 11.4 Å². The largest absolute Gasteiger partial charge is 0.350 e. The molecule has 148 valence electrons. The smallest absolute Gasteiger partial charge is 0.249 e. The van der Waals surface area contributed by atoms with Gasteiger partial charge in [-0.25, -0.2) is 22.3 Å². The average molecular weight is 401 g/mol. The number of piperidine rings is 1. The second-order valence-corrected chi connectivity index (χ2v) is 9.55. The number of rotatable bonds is 4. The second kappa shape index (κ2) is 7.18. The minimum Gasteiger partial charge on any atom is -0.249 e. The molecule has 1 saturated heterocycles. The molecule has 28 heavy (non-hydrogen) atoms. The summed E-state index contributed by atoms with van der Waals surface area (Å²) >= 11 is 0. The quantitative estimate of drug-likeness (QED) is 0.673. The molecule has 3 heterocycles. The number of hydrogen-bond donors (Lipinski definition) is 0. The van der Waals surface area contributed by atoms with Gasteiger partial charge in [0.15, 0.2) is 5.65 Å². The van der Waals surface area contributed by atoms with E-state index in [1.54, 1.807) is 6.07 Å². The normalized spacial score (nSPS) is 16.6. The summed E-state index contributed by atoms with van der Waals surface area (Å²) in [6, 6.07) is 11.0. The predicted octanol–water partition coefficient (Wildman–Crippen LogP) is 2.27. The van der Waals surface area contributed by atoms with E-state index >= 15 is 0 Å². The highest BCUT2D eigenvalue weighted by Crippen LogP contribution is 2.23. The molecule has 1 fully saturated rings. The Labute approximate surface area is 164 Å². The van der Waals surface area contributed by atoms with Crippen molar-refractivity contribution in [3.8, 4) is 0 Å². The molecule has 0 unspecified atom stereocenters. The molecular formula is C20H24N4O3S. The first-order valence-electron chi connectivity index (χ1n) is 9.49. The zero-order chi connectivity index (χ0) is 19.9. The number of pyridine rings is 1. The summed E-state index contributed by atoms with van der Waals surface area (Å²) in [6.07, 6.45) is 3.11. The summed E-state index contributed by atoms with van der Waals surface area (Å²) in [5, 5.41) is 4.34. The van der Waals surface area contributed by atoms with Crippen LogP contribution in [-0.4, -0.2) is 40.0 Å². The minimum absolute atomic E-state index is 0.131. The van der Waals surface area contributed by atoms with E-state index in [0.29, 0.717) is 31.2 Å². The van der Waals surface area contributed by atoms with Crippen molar-refractivity contribution in [3.63, 3.8) is 0 Å². The summed E-state index contributed by atoms with van der Waals surface area (Å²) in [4.78, 5) is 12.9. The molecule has 1 aromatic carbocycles. The maximum atomic E-state index is 13.0. The summed E-state index contributed by atoms with van der Waals surface area (Å²) < 4.78 is 30.1. The average Bonchev–Trinajstić information content (AvgIpc) is 2.97. The topological polar surface area (TPSA) is 76.7 Å². The molecular weight excluding hydrogens is 376 g/mol. The summed E-state index contributed by atoms with van der Waals surface area (Å²) in [5.74, 6) is 0.538. The van der Waals surface area contributed by atoms with Crippen LogP contribution in [0.4, 0.5) is 0 Å². The number of benzene rings is 1. The van der Waals surface area contributed by atoms with E-state index in [-0.39, 0.29) is 10.6 Å². The third kappa shape index (κ3) is 3.49. The van der Waals surface area contributed by atoms with Crippen molar-refractivity contribution in [1.82, 2.24) is 18.5 Å². The van der Waals surface area contributed by atoms with Gasteiger partial charge in [-0.2, -0.15) is 4.31 Å². The molecule has 0 N–H and O–H groups in total. The number of nitrogens with zero attached hydrogens (tertiary/aromatic N) is 4. The Bertz CT molecular complexity index is 1170. The fraction of sp³-hybridized carbons (Fsp3) is 0.400. The highest BCUT2D eigenvalue weighted by atomic mass is 32.2. The fourth-order valence-corrected chi connectivity index (χ4v) is 5.08. The van der Waals surface area contributed by atoms with E-state index in [0.717, 1.165) is 24.0 Å². The molecule has 0 radical (unpaired) electrons. The van der Waals surface area contributed by atoms with Gasteiger partial charge < -0.3 is 0 Å². The van der Waals surface area contributed by atoms with Crippen molar-refractivity contribution in [3.05, 3.63) is 64.2 Å². The number of aromatic nitrogens is 3. The molecule has 1 aliphatic rings. The molecule has 0 spiro atoms. The van der Waals surface area contributed by atoms with Gasteiger partial charge in [0, 0.05) is 19.3 Å². The van der Waals surface area contributed by atoms with E-state index < -0.39 is 10.0 Å². The van der Waals surface area contributed by atoms with Crippen LogP contribution in [0.2, 0.25) is 0 Å². The lowest BCUT2D eigenvalue weighted by Crippen LogP contribution is -2.38. The Morgan fingerprint density at radius 1 is 1.14 bits per heavy atom. The first kappa shape index (κ1) is 18.9. The third-order valence-corrected chi connectivity index (χ3v) is 7.23. The maximum Gasteiger partial charge on any atom is 0.350 e. The lowest BCUT2D eigenvalue weighted by atomic mass is 10.0. The summed E-state index contributed by atoms with van der Waals surface area (Å²) in [7, 11) is -3.61. The van der Waals surface area contributed by atoms with Crippen molar-refractivity contribution in [2.24, 2.45) is 5.92 Å². The van der Waals surface area contributed by atoms with Gasteiger partial charge in [-0.15, -0.1) is 5.10 Å². The standard InChI is InChI=1S/C20H24N4O3S/c1-15-8-10-22(11-9-15)28(26,27)18-6-7-19-21-24(20(25)23(19)14-18)13-17-5-3-4-16(2)12-17/h3-7,12,14-15H,8-11,13H2,1-2H3. The van der Waals surface area contributed by atoms with E-state index in [9.17, 15) is 13.2 Å². The highest BCUT2D eigenvalue weighted by molar-refractivity contribution is 7.89. The Kier molecular flexibility index (Phi) is 4.84. The minimum atomic E-state index is -3.61. The first-order chi connectivity index (χ1) is 13.3. The van der Waals surface area contributed by atoms with Crippen molar-refractivity contribution in [1.29, 1.82) is 0 Å². The van der Waals surface area contributed by atoms with Crippen molar-refractivity contribution in [2.75, 3.05) is 13.1 Å². The van der Waals surface area contributed by atoms with Crippen LogP contribution in [0.5, 0.6) is 0 Å². The van der Waals surface area contributed by atoms with Crippen LogP contribution < -0.4 is 5.69 Å². The maximum absolute atomic E-state index is 13.0. The lowest BCUT2D eigenvalue weighted by molar-refractivity contribution is 0.288. The molecule has 0 amide bonds. The fourth-order valence-electron chi connectivity index (χ4n) is 3.61. The zero-order valence-corrected chi connectivity index (χ0v) is 16.9. The number of fused-ring (bicyclic) bond motifs is 1. The summed E-state index contributed by atoms with van der Waals surface area (Å²) in [5.41, 5.74) is 2.17. The predicted molar refractivity (Wildman–Crippen MR) is 107 cm³/mol. The van der Waals surface area contributed by atoms with Gasteiger partial charge in [-0.3, -0.25) is 0 Å². The van der Waals surface area contributed by atoms with Gasteiger partial charge in [0.2, 0.25) is 10.0 Å². The van der Waals surface area contributed by atoms with Crippen LogP contribution >= 0.6 is 0 Å². The molecule has 2 aromatic heterocycles. The summed E-state index contributed by atoms with van der Waals surface area (Å²) in [6.45, 7) is 5.51. The molecule has 0 aliphatic carbocycles. The first-order valence-corrected chi connectivity index (χ1v) is 10.9. The Morgan fingerprint density at radius 2 is 1.89 bits per heavy atom. The Balaban J connectivity index is 1.68. The molecule has 7 nitrogen and oxygen atoms in total. The van der Waals surface area contributed by atoms with Crippen molar-refractivity contribution < 1.29 is 8.42 Å². The van der Waals surface area contributed by atoms with Crippen molar-refractivity contribution >= 4 is 15.7 Å². The third-order valence-electron chi connectivity index (χ3n) is 5.35. The lowest BCUT2D eigenvalue weighted by Gasteiger charge is -2.29. The molecule has 3 aromatic rings. The molecule has 4 rings (SSSR count).